The second-order valence-corrected chi connectivity index (χ2v) is 7.56. The average Bonchev–Trinajstić information content (AvgIpc) is 2.61. The molecular weight excluding hydrogens is 340 g/mol. The summed E-state index contributed by atoms with van der Waals surface area (Å²) >= 11 is 0. The van der Waals surface area contributed by atoms with Crippen molar-refractivity contribution in [2.45, 2.75) is 34.6 Å². The number of hydrogen-bond acceptors (Lipinski definition) is 7. The van der Waals surface area contributed by atoms with Gasteiger partial charge in [0.1, 0.15) is 0 Å². The summed E-state index contributed by atoms with van der Waals surface area (Å²) in [5.41, 5.74) is -1.21. The van der Waals surface area contributed by atoms with Gasteiger partial charge in [0.25, 0.3) is 0 Å². The largest absolute Gasteiger partial charge is 0.462 e. The topological polar surface area (TPSA) is 113 Å². The van der Waals surface area contributed by atoms with Crippen molar-refractivity contribution in [1.29, 1.82) is 0 Å². The van der Waals surface area contributed by atoms with Gasteiger partial charge in [0.2, 0.25) is 0 Å². The zero-order chi connectivity index (χ0) is 20.5. The molecule has 0 aromatic heterocycles. The summed E-state index contributed by atoms with van der Waals surface area (Å²) < 4.78 is 10.3. The van der Waals surface area contributed by atoms with E-state index >= 15 is 0 Å². The van der Waals surface area contributed by atoms with Crippen molar-refractivity contribution in [3.63, 3.8) is 0 Å². The third-order valence-corrected chi connectivity index (χ3v) is 4.21. The Kier molecular flexibility index (Phi) is 9.77. The van der Waals surface area contributed by atoms with E-state index in [-0.39, 0.29) is 25.4 Å². The molecule has 1 unspecified atom stereocenters. The van der Waals surface area contributed by atoms with Gasteiger partial charge in [0.15, 0.2) is 0 Å². The summed E-state index contributed by atoms with van der Waals surface area (Å²) in [5.74, 6) is -1.56. The van der Waals surface area contributed by atoms with E-state index in [1.165, 1.54) is 13.0 Å². The lowest BCUT2D eigenvalue weighted by atomic mass is 9.76. The standard InChI is InChI=1S/C19H32O7/c1-13(2)16(23)25-11-18(5,6)12-26-17(24)14(3)7-19(9-21,10-22)15(4)8-20/h7,15,20-22H,1,8-12H2,2-6H3. The molecule has 0 spiro atoms. The number of rotatable bonds is 11. The quantitative estimate of drug-likeness (QED) is 0.369. The van der Waals surface area contributed by atoms with Gasteiger partial charge >= 0.3 is 11.9 Å². The van der Waals surface area contributed by atoms with E-state index in [1.807, 2.05) is 0 Å². The highest BCUT2D eigenvalue weighted by Crippen LogP contribution is 2.30. The van der Waals surface area contributed by atoms with Gasteiger partial charge in [-0.25, -0.2) is 9.59 Å². The molecule has 0 saturated heterocycles. The van der Waals surface area contributed by atoms with E-state index in [0.29, 0.717) is 5.57 Å². The fourth-order valence-corrected chi connectivity index (χ4v) is 2.07. The van der Waals surface area contributed by atoms with Crippen molar-refractivity contribution in [1.82, 2.24) is 0 Å². The molecule has 0 aliphatic carbocycles. The molecule has 0 radical (unpaired) electrons. The Morgan fingerprint density at radius 2 is 1.50 bits per heavy atom. The first kappa shape index (κ1) is 24.3. The fraction of sp³-hybridized carbons (Fsp3) is 0.684. The highest BCUT2D eigenvalue weighted by Gasteiger charge is 2.34. The van der Waals surface area contributed by atoms with Crippen LogP contribution in [0.5, 0.6) is 0 Å². The number of carbonyl (C=O) groups is 2. The minimum Gasteiger partial charge on any atom is -0.462 e. The summed E-state index contributed by atoms with van der Waals surface area (Å²) in [7, 11) is 0. The molecular formula is C19H32O7. The van der Waals surface area contributed by atoms with E-state index in [0.717, 1.165) is 0 Å². The number of esters is 2. The predicted molar refractivity (Wildman–Crippen MR) is 97.1 cm³/mol. The van der Waals surface area contributed by atoms with Crippen LogP contribution in [0.25, 0.3) is 0 Å². The van der Waals surface area contributed by atoms with Gasteiger partial charge in [-0.05, 0) is 19.8 Å². The zero-order valence-corrected chi connectivity index (χ0v) is 16.4. The molecule has 0 fully saturated rings. The Balaban J connectivity index is 4.93. The molecule has 0 aliphatic rings. The number of aliphatic hydroxyl groups is 3. The summed E-state index contributed by atoms with van der Waals surface area (Å²) in [6.07, 6.45) is 1.43. The van der Waals surface area contributed by atoms with Gasteiger partial charge in [-0.3, -0.25) is 0 Å². The third-order valence-electron chi connectivity index (χ3n) is 4.21. The summed E-state index contributed by atoms with van der Waals surface area (Å²) in [6, 6.07) is 0. The molecule has 7 nitrogen and oxygen atoms in total. The normalized spacial score (nSPS) is 13.9. The zero-order valence-electron chi connectivity index (χ0n) is 16.4. The van der Waals surface area contributed by atoms with Crippen molar-refractivity contribution in [3.8, 4) is 0 Å². The Labute approximate surface area is 155 Å². The molecule has 3 N–H and O–H groups in total. The van der Waals surface area contributed by atoms with E-state index in [2.05, 4.69) is 6.58 Å². The van der Waals surface area contributed by atoms with E-state index in [1.54, 1.807) is 27.7 Å². The van der Waals surface area contributed by atoms with E-state index in [9.17, 15) is 24.9 Å². The van der Waals surface area contributed by atoms with Crippen LogP contribution in [0, 0.1) is 16.7 Å². The van der Waals surface area contributed by atoms with Crippen molar-refractivity contribution in [3.05, 3.63) is 23.8 Å². The maximum Gasteiger partial charge on any atom is 0.333 e. The first-order chi connectivity index (χ1) is 11.9. The van der Waals surface area contributed by atoms with Gasteiger partial charge in [-0.2, -0.15) is 0 Å². The second-order valence-electron chi connectivity index (χ2n) is 7.56. The van der Waals surface area contributed by atoms with Crippen molar-refractivity contribution in [2.75, 3.05) is 33.0 Å². The summed E-state index contributed by atoms with van der Waals surface area (Å²) in [4.78, 5) is 23.7. The molecule has 0 rings (SSSR count). The molecule has 150 valence electrons. The highest BCUT2D eigenvalue weighted by molar-refractivity contribution is 5.88. The predicted octanol–water partition coefficient (Wildman–Crippen LogP) is 1.22. The van der Waals surface area contributed by atoms with Gasteiger partial charge in [0, 0.05) is 28.6 Å². The lowest BCUT2D eigenvalue weighted by molar-refractivity contribution is -0.147. The molecule has 26 heavy (non-hydrogen) atoms. The van der Waals surface area contributed by atoms with Crippen LogP contribution in [0.15, 0.2) is 23.8 Å². The Bertz CT molecular complexity index is 530. The molecule has 0 saturated carbocycles. The third kappa shape index (κ3) is 7.27. The average molecular weight is 372 g/mol. The lowest BCUT2D eigenvalue weighted by Crippen LogP contribution is -2.37. The molecule has 0 amide bonds. The van der Waals surface area contributed by atoms with Crippen LogP contribution in [0.1, 0.15) is 34.6 Å². The minimum atomic E-state index is -1.12. The van der Waals surface area contributed by atoms with Crippen LogP contribution in [-0.4, -0.2) is 60.3 Å². The minimum absolute atomic E-state index is 0.0152. The second kappa shape index (κ2) is 10.4. The van der Waals surface area contributed by atoms with Gasteiger partial charge < -0.3 is 24.8 Å². The molecule has 0 aliphatic heterocycles. The van der Waals surface area contributed by atoms with Crippen LogP contribution in [0.4, 0.5) is 0 Å². The van der Waals surface area contributed by atoms with Crippen LogP contribution < -0.4 is 0 Å². The van der Waals surface area contributed by atoms with Crippen LogP contribution in [-0.2, 0) is 19.1 Å². The number of ether oxygens (including phenoxy) is 2. The highest BCUT2D eigenvalue weighted by atomic mass is 16.5. The lowest BCUT2D eigenvalue weighted by Gasteiger charge is -2.32. The maximum atomic E-state index is 12.2. The first-order valence-electron chi connectivity index (χ1n) is 8.46. The Morgan fingerprint density at radius 3 is 1.88 bits per heavy atom. The molecule has 0 heterocycles. The number of carbonyl (C=O) groups excluding carboxylic acids is 2. The van der Waals surface area contributed by atoms with E-state index in [4.69, 9.17) is 9.47 Å². The van der Waals surface area contributed by atoms with Gasteiger partial charge in [0.05, 0.1) is 26.4 Å². The SMILES string of the molecule is C=C(C)C(=O)OCC(C)(C)COC(=O)C(C)=CC(CO)(CO)C(C)CO. The maximum absolute atomic E-state index is 12.2. The van der Waals surface area contributed by atoms with Gasteiger partial charge in [-0.15, -0.1) is 0 Å². The molecule has 0 aromatic rings. The van der Waals surface area contributed by atoms with Crippen LogP contribution >= 0.6 is 0 Å². The first-order valence-corrected chi connectivity index (χ1v) is 8.46. The number of hydrogen-bond donors (Lipinski definition) is 3. The van der Waals surface area contributed by atoms with Gasteiger partial charge in [-0.1, -0.05) is 33.4 Å². The number of aliphatic hydroxyl groups excluding tert-OH is 3. The van der Waals surface area contributed by atoms with Crippen molar-refractivity contribution in [2.24, 2.45) is 16.7 Å². The smallest absolute Gasteiger partial charge is 0.333 e. The fourth-order valence-electron chi connectivity index (χ4n) is 2.07. The summed E-state index contributed by atoms with van der Waals surface area (Å²) in [5, 5.41) is 28.5. The van der Waals surface area contributed by atoms with Crippen molar-refractivity contribution < 1.29 is 34.4 Å². The van der Waals surface area contributed by atoms with Crippen molar-refractivity contribution >= 4 is 11.9 Å². The molecule has 7 heteroatoms. The Morgan fingerprint density at radius 1 is 1.04 bits per heavy atom. The molecule has 1 atom stereocenters. The van der Waals surface area contributed by atoms with Crippen LogP contribution in [0.3, 0.4) is 0 Å². The summed E-state index contributed by atoms with van der Waals surface area (Å²) in [6.45, 7) is 10.8. The monoisotopic (exact) mass is 372 g/mol. The molecule has 0 bridgehead atoms. The molecule has 0 aromatic carbocycles. The van der Waals surface area contributed by atoms with E-state index < -0.39 is 41.9 Å². The van der Waals surface area contributed by atoms with Crippen LogP contribution in [0.2, 0.25) is 0 Å². The Hall–Kier alpha value is -1.70.